The number of anilines is 1. The van der Waals surface area contributed by atoms with Crippen molar-refractivity contribution in [3.05, 3.63) is 131 Å². The van der Waals surface area contributed by atoms with Crippen molar-refractivity contribution in [2.24, 2.45) is 0 Å². The standard InChI is InChI=1S/C31H26N2O3S/c1-20-12-15-23(16-13-20)37(34,35)33-30-25-18-21(2)14-17-28(25)36-31(30)29(22-8-4-3-5-9-22)26-19-32-27-11-7-6-10-24(26)27/h3-19,29,32-33H,1-2H3. The molecule has 2 aromatic heterocycles. The predicted molar refractivity (Wildman–Crippen MR) is 149 cm³/mol. The molecule has 0 aliphatic heterocycles. The summed E-state index contributed by atoms with van der Waals surface area (Å²) in [5.41, 5.74) is 6.10. The van der Waals surface area contributed by atoms with Gasteiger partial charge in [-0.15, -0.1) is 0 Å². The SMILES string of the molecule is Cc1ccc(S(=O)(=O)Nc2c(C(c3ccccc3)c3c[nH]c4ccccc34)oc3ccc(C)cc23)cc1. The third-order valence-electron chi connectivity index (χ3n) is 6.77. The van der Waals surface area contributed by atoms with Crippen molar-refractivity contribution < 1.29 is 12.8 Å². The number of fused-ring (bicyclic) bond motifs is 2. The second kappa shape index (κ2) is 8.98. The van der Waals surface area contributed by atoms with Gasteiger partial charge in [-0.05, 0) is 55.3 Å². The number of H-pyrrole nitrogens is 1. The van der Waals surface area contributed by atoms with Crippen molar-refractivity contribution in [2.75, 3.05) is 4.72 Å². The number of aromatic amines is 1. The normalized spacial score (nSPS) is 12.7. The average molecular weight is 507 g/mol. The molecule has 0 amide bonds. The first-order valence-corrected chi connectivity index (χ1v) is 13.6. The van der Waals surface area contributed by atoms with Crippen molar-refractivity contribution in [3.8, 4) is 0 Å². The second-order valence-corrected chi connectivity index (χ2v) is 11.1. The van der Waals surface area contributed by atoms with Gasteiger partial charge in [0.2, 0.25) is 0 Å². The number of aromatic nitrogens is 1. The van der Waals surface area contributed by atoms with Crippen LogP contribution in [0.5, 0.6) is 0 Å². The third-order valence-corrected chi connectivity index (χ3v) is 8.13. The van der Waals surface area contributed by atoms with E-state index in [2.05, 4.69) is 15.8 Å². The lowest BCUT2D eigenvalue weighted by Crippen LogP contribution is -2.15. The second-order valence-electron chi connectivity index (χ2n) is 9.39. The number of hydrogen-bond donors (Lipinski definition) is 2. The summed E-state index contributed by atoms with van der Waals surface area (Å²) in [6, 6.07) is 30.8. The van der Waals surface area contributed by atoms with Crippen molar-refractivity contribution in [1.29, 1.82) is 0 Å². The van der Waals surface area contributed by atoms with Gasteiger partial charge in [-0.3, -0.25) is 4.72 Å². The zero-order chi connectivity index (χ0) is 25.6. The summed E-state index contributed by atoms with van der Waals surface area (Å²) >= 11 is 0. The summed E-state index contributed by atoms with van der Waals surface area (Å²) in [6.07, 6.45) is 1.99. The van der Waals surface area contributed by atoms with E-state index in [1.165, 1.54) is 0 Å². The lowest BCUT2D eigenvalue weighted by molar-refractivity contribution is 0.544. The Hall–Kier alpha value is -4.29. The summed E-state index contributed by atoms with van der Waals surface area (Å²) in [5, 5.41) is 1.78. The van der Waals surface area contributed by atoms with Crippen LogP contribution in [0.3, 0.4) is 0 Å². The third kappa shape index (κ3) is 4.19. The van der Waals surface area contributed by atoms with Crippen LogP contribution in [0, 0.1) is 13.8 Å². The van der Waals surface area contributed by atoms with E-state index in [9.17, 15) is 8.42 Å². The van der Waals surface area contributed by atoms with E-state index in [4.69, 9.17) is 4.42 Å². The molecule has 0 saturated carbocycles. The number of benzene rings is 4. The van der Waals surface area contributed by atoms with Gasteiger partial charge in [0.15, 0.2) is 0 Å². The fourth-order valence-electron chi connectivity index (χ4n) is 4.90. The van der Waals surface area contributed by atoms with Crippen LogP contribution >= 0.6 is 0 Å². The Morgan fingerprint density at radius 1 is 0.784 bits per heavy atom. The topological polar surface area (TPSA) is 75.1 Å². The van der Waals surface area contributed by atoms with Gasteiger partial charge in [0.25, 0.3) is 10.0 Å². The van der Waals surface area contributed by atoms with Crippen LogP contribution in [0.25, 0.3) is 21.9 Å². The molecule has 6 rings (SSSR count). The molecule has 0 aliphatic carbocycles. The number of para-hydroxylation sites is 1. The van der Waals surface area contributed by atoms with Crippen LogP contribution in [-0.2, 0) is 10.0 Å². The van der Waals surface area contributed by atoms with Gasteiger partial charge in [0.1, 0.15) is 11.3 Å². The van der Waals surface area contributed by atoms with Crippen molar-refractivity contribution in [3.63, 3.8) is 0 Å². The van der Waals surface area contributed by atoms with Gasteiger partial charge in [-0.2, -0.15) is 0 Å². The Kier molecular flexibility index (Phi) is 5.61. The number of nitrogens with one attached hydrogen (secondary N) is 2. The fraction of sp³-hybridized carbons (Fsp3) is 0.0968. The van der Waals surface area contributed by atoms with Gasteiger partial charge in [-0.25, -0.2) is 8.42 Å². The van der Waals surface area contributed by atoms with Gasteiger partial charge < -0.3 is 9.40 Å². The van der Waals surface area contributed by atoms with Crippen LogP contribution in [-0.4, -0.2) is 13.4 Å². The molecule has 4 aromatic carbocycles. The molecule has 1 atom stereocenters. The van der Waals surface area contributed by atoms with Gasteiger partial charge in [0, 0.05) is 22.5 Å². The summed E-state index contributed by atoms with van der Waals surface area (Å²) < 4.78 is 36.6. The highest BCUT2D eigenvalue weighted by molar-refractivity contribution is 7.92. The van der Waals surface area contributed by atoms with Crippen molar-refractivity contribution in [2.45, 2.75) is 24.7 Å². The van der Waals surface area contributed by atoms with Crippen LogP contribution in [0.2, 0.25) is 0 Å². The zero-order valence-corrected chi connectivity index (χ0v) is 21.3. The van der Waals surface area contributed by atoms with Gasteiger partial charge in [-0.1, -0.05) is 77.9 Å². The molecule has 0 spiro atoms. The Morgan fingerprint density at radius 3 is 2.27 bits per heavy atom. The molecule has 0 bridgehead atoms. The van der Waals surface area contributed by atoms with Crippen molar-refractivity contribution in [1.82, 2.24) is 4.98 Å². The Balaban J connectivity index is 1.61. The van der Waals surface area contributed by atoms with Crippen LogP contribution in [0.1, 0.15) is 33.9 Å². The molecule has 0 aliphatic rings. The van der Waals surface area contributed by atoms with Gasteiger partial charge >= 0.3 is 0 Å². The molecule has 2 heterocycles. The molecule has 184 valence electrons. The molecule has 5 nitrogen and oxygen atoms in total. The molecule has 37 heavy (non-hydrogen) atoms. The first kappa shape index (κ1) is 23.1. The maximum absolute atomic E-state index is 13.6. The fourth-order valence-corrected chi connectivity index (χ4v) is 5.99. The minimum atomic E-state index is -3.87. The molecule has 6 aromatic rings. The number of rotatable bonds is 6. The Bertz CT molecular complexity index is 1830. The molecule has 0 saturated heterocycles. The summed E-state index contributed by atoms with van der Waals surface area (Å²) in [5.74, 6) is 0.202. The number of sulfonamides is 1. The molecule has 0 fully saturated rings. The van der Waals surface area contributed by atoms with E-state index in [0.717, 1.165) is 38.5 Å². The van der Waals surface area contributed by atoms with E-state index in [1.54, 1.807) is 24.3 Å². The number of hydrogen-bond acceptors (Lipinski definition) is 3. The maximum Gasteiger partial charge on any atom is 0.262 e. The van der Waals surface area contributed by atoms with Crippen LogP contribution in [0.15, 0.2) is 113 Å². The minimum absolute atomic E-state index is 0.203. The maximum atomic E-state index is 13.6. The largest absolute Gasteiger partial charge is 0.458 e. The monoisotopic (exact) mass is 506 g/mol. The molecule has 6 heteroatoms. The average Bonchev–Trinajstić information content (AvgIpc) is 3.47. The molecule has 2 N–H and O–H groups in total. The van der Waals surface area contributed by atoms with Crippen LogP contribution in [0.4, 0.5) is 5.69 Å². The van der Waals surface area contributed by atoms with E-state index in [0.29, 0.717) is 17.0 Å². The van der Waals surface area contributed by atoms with Crippen molar-refractivity contribution >= 4 is 37.6 Å². The Labute approximate surface area is 215 Å². The summed E-state index contributed by atoms with van der Waals surface area (Å²) in [7, 11) is -3.87. The first-order chi connectivity index (χ1) is 17.9. The summed E-state index contributed by atoms with van der Waals surface area (Å²) in [6.45, 7) is 3.92. The lowest BCUT2D eigenvalue weighted by atomic mass is 9.88. The molecule has 0 radical (unpaired) electrons. The zero-order valence-electron chi connectivity index (χ0n) is 20.5. The molecular formula is C31H26N2O3S. The first-order valence-electron chi connectivity index (χ1n) is 12.1. The van der Waals surface area contributed by atoms with E-state index < -0.39 is 10.0 Å². The van der Waals surface area contributed by atoms with Gasteiger partial charge in [0.05, 0.1) is 16.5 Å². The predicted octanol–water partition coefficient (Wildman–Crippen LogP) is 7.51. The lowest BCUT2D eigenvalue weighted by Gasteiger charge is -2.18. The van der Waals surface area contributed by atoms with Crippen LogP contribution < -0.4 is 4.72 Å². The van der Waals surface area contributed by atoms with E-state index in [1.807, 2.05) is 86.8 Å². The smallest absolute Gasteiger partial charge is 0.262 e. The quantitative estimate of drug-likeness (QED) is 0.245. The molecular weight excluding hydrogens is 480 g/mol. The highest BCUT2D eigenvalue weighted by Gasteiger charge is 2.30. The summed E-state index contributed by atoms with van der Waals surface area (Å²) in [4.78, 5) is 3.57. The minimum Gasteiger partial charge on any atom is -0.458 e. The number of furan rings is 1. The van der Waals surface area contributed by atoms with E-state index in [-0.39, 0.29) is 10.8 Å². The van der Waals surface area contributed by atoms with E-state index >= 15 is 0 Å². The highest BCUT2D eigenvalue weighted by atomic mass is 32.2. The molecule has 1 unspecified atom stereocenters. The number of aryl methyl sites for hydroxylation is 2. The highest BCUT2D eigenvalue weighted by Crippen LogP contribution is 2.44. The Morgan fingerprint density at radius 2 is 1.49 bits per heavy atom.